The number of hydrogen-bond acceptors (Lipinski definition) is 3. The van der Waals surface area contributed by atoms with Gasteiger partial charge in [-0.05, 0) is 51.9 Å². The third-order valence-corrected chi connectivity index (χ3v) is 4.84. The summed E-state index contributed by atoms with van der Waals surface area (Å²) in [6.45, 7) is 2.97. The van der Waals surface area contributed by atoms with Gasteiger partial charge >= 0.3 is 0 Å². The molecule has 0 spiro atoms. The largest absolute Gasteiger partial charge is 0.310 e. The molecule has 0 unspecified atom stereocenters. The highest BCUT2D eigenvalue weighted by Gasteiger charge is 2.40. The normalized spacial score (nSPS) is 17.6. The SMILES string of the molecule is Cc1cnc2c(c1)nc(CCl)n2CC1(N(C)C)CCC1. The van der Waals surface area contributed by atoms with Crippen LogP contribution in [-0.2, 0) is 12.4 Å². The van der Waals surface area contributed by atoms with E-state index in [0.29, 0.717) is 5.88 Å². The van der Waals surface area contributed by atoms with Crippen LogP contribution in [0.3, 0.4) is 0 Å². The summed E-state index contributed by atoms with van der Waals surface area (Å²) in [5, 5.41) is 0. The molecule has 4 nitrogen and oxygen atoms in total. The van der Waals surface area contributed by atoms with Crippen LogP contribution in [0, 0.1) is 6.92 Å². The monoisotopic (exact) mass is 292 g/mol. The number of aryl methyl sites for hydroxylation is 1. The second-order valence-electron chi connectivity index (χ2n) is 6.08. The fourth-order valence-electron chi connectivity index (χ4n) is 3.05. The highest BCUT2D eigenvalue weighted by Crippen LogP contribution is 2.38. The number of imidazole rings is 1. The van der Waals surface area contributed by atoms with E-state index >= 15 is 0 Å². The van der Waals surface area contributed by atoms with Crippen molar-refractivity contribution in [2.45, 2.75) is 44.1 Å². The zero-order chi connectivity index (χ0) is 14.3. The minimum atomic E-state index is 0.237. The number of likely N-dealkylation sites (N-methyl/N-ethyl adjacent to an activating group) is 1. The topological polar surface area (TPSA) is 34.0 Å². The van der Waals surface area contributed by atoms with E-state index in [1.807, 2.05) is 13.1 Å². The maximum absolute atomic E-state index is 6.09. The maximum Gasteiger partial charge on any atom is 0.160 e. The summed E-state index contributed by atoms with van der Waals surface area (Å²) in [6.07, 6.45) is 5.66. The van der Waals surface area contributed by atoms with E-state index in [0.717, 1.165) is 29.1 Å². The molecule has 108 valence electrons. The number of alkyl halides is 1. The van der Waals surface area contributed by atoms with Gasteiger partial charge in [-0.2, -0.15) is 0 Å². The number of halogens is 1. The summed E-state index contributed by atoms with van der Waals surface area (Å²) in [5.74, 6) is 1.35. The van der Waals surface area contributed by atoms with Crippen molar-refractivity contribution in [1.82, 2.24) is 19.4 Å². The Morgan fingerprint density at radius 1 is 1.40 bits per heavy atom. The summed E-state index contributed by atoms with van der Waals surface area (Å²) in [6, 6.07) is 2.08. The quantitative estimate of drug-likeness (QED) is 0.813. The zero-order valence-corrected chi connectivity index (χ0v) is 13.1. The average molecular weight is 293 g/mol. The van der Waals surface area contributed by atoms with Gasteiger partial charge in [-0.1, -0.05) is 0 Å². The first-order valence-electron chi connectivity index (χ1n) is 7.11. The molecule has 0 saturated heterocycles. The van der Waals surface area contributed by atoms with Gasteiger partial charge < -0.3 is 9.47 Å². The summed E-state index contributed by atoms with van der Waals surface area (Å²) in [5.41, 5.74) is 3.28. The molecule has 0 bridgehead atoms. The molecular weight excluding hydrogens is 272 g/mol. The van der Waals surface area contributed by atoms with Gasteiger partial charge in [-0.25, -0.2) is 9.97 Å². The van der Waals surface area contributed by atoms with Crippen LogP contribution >= 0.6 is 11.6 Å². The molecule has 0 atom stereocenters. The zero-order valence-electron chi connectivity index (χ0n) is 12.4. The highest BCUT2D eigenvalue weighted by atomic mass is 35.5. The van der Waals surface area contributed by atoms with Crippen molar-refractivity contribution in [3.8, 4) is 0 Å². The molecule has 0 amide bonds. The Balaban J connectivity index is 2.05. The van der Waals surface area contributed by atoms with Crippen molar-refractivity contribution in [2.24, 2.45) is 0 Å². The third-order valence-electron chi connectivity index (χ3n) is 4.61. The van der Waals surface area contributed by atoms with Gasteiger partial charge in [-0.3, -0.25) is 0 Å². The second kappa shape index (κ2) is 5.01. The van der Waals surface area contributed by atoms with E-state index in [1.54, 1.807) is 0 Å². The summed E-state index contributed by atoms with van der Waals surface area (Å²) >= 11 is 6.09. The van der Waals surface area contributed by atoms with E-state index in [1.165, 1.54) is 19.3 Å². The van der Waals surface area contributed by atoms with Crippen molar-refractivity contribution >= 4 is 22.8 Å². The first kappa shape index (κ1) is 13.8. The summed E-state index contributed by atoms with van der Waals surface area (Å²) in [7, 11) is 4.33. The maximum atomic E-state index is 6.09. The fraction of sp³-hybridized carbons (Fsp3) is 0.600. The Hall–Kier alpha value is -1.13. The Morgan fingerprint density at radius 3 is 2.70 bits per heavy atom. The Morgan fingerprint density at radius 2 is 2.15 bits per heavy atom. The van der Waals surface area contributed by atoms with Crippen LogP contribution in [0.5, 0.6) is 0 Å². The number of rotatable bonds is 4. The molecule has 2 aromatic rings. The number of aromatic nitrogens is 3. The lowest BCUT2D eigenvalue weighted by atomic mass is 9.75. The Bertz CT molecular complexity index is 628. The summed E-state index contributed by atoms with van der Waals surface area (Å²) in [4.78, 5) is 11.6. The van der Waals surface area contributed by atoms with Crippen molar-refractivity contribution in [1.29, 1.82) is 0 Å². The molecule has 3 rings (SSSR count). The lowest BCUT2D eigenvalue weighted by molar-refractivity contribution is 0.0427. The molecule has 2 heterocycles. The van der Waals surface area contributed by atoms with Crippen LogP contribution in [-0.4, -0.2) is 39.1 Å². The van der Waals surface area contributed by atoms with Crippen LogP contribution in [0.2, 0.25) is 0 Å². The standard InChI is InChI=1S/C15H21ClN4/c1-11-7-12-14(17-9-11)20(13(8-16)18-12)10-15(19(2)3)5-4-6-15/h7,9H,4-6,8,10H2,1-3H3. The molecule has 0 radical (unpaired) electrons. The Kier molecular flexibility index (Phi) is 3.46. The number of hydrogen-bond donors (Lipinski definition) is 0. The molecule has 0 N–H and O–H groups in total. The van der Waals surface area contributed by atoms with Crippen LogP contribution < -0.4 is 0 Å². The van der Waals surface area contributed by atoms with E-state index in [2.05, 4.69) is 39.6 Å². The molecule has 1 aliphatic rings. The van der Waals surface area contributed by atoms with E-state index < -0.39 is 0 Å². The van der Waals surface area contributed by atoms with Crippen LogP contribution in [0.4, 0.5) is 0 Å². The smallest absolute Gasteiger partial charge is 0.160 e. The van der Waals surface area contributed by atoms with Gasteiger partial charge in [-0.15, -0.1) is 11.6 Å². The van der Waals surface area contributed by atoms with Gasteiger partial charge in [0.05, 0.1) is 5.88 Å². The van der Waals surface area contributed by atoms with Gasteiger partial charge in [0, 0.05) is 18.3 Å². The third kappa shape index (κ3) is 2.11. The average Bonchev–Trinajstić information content (AvgIpc) is 2.69. The van der Waals surface area contributed by atoms with E-state index in [9.17, 15) is 0 Å². The molecule has 20 heavy (non-hydrogen) atoms. The molecule has 0 aromatic carbocycles. The summed E-state index contributed by atoms with van der Waals surface area (Å²) < 4.78 is 2.21. The lowest BCUT2D eigenvalue weighted by Crippen LogP contribution is -2.53. The number of nitrogens with zero attached hydrogens (tertiary/aromatic N) is 4. The molecule has 1 saturated carbocycles. The minimum Gasteiger partial charge on any atom is -0.310 e. The number of fused-ring (bicyclic) bond motifs is 1. The predicted octanol–water partition coefficient (Wildman–Crippen LogP) is 2.96. The highest BCUT2D eigenvalue weighted by molar-refractivity contribution is 6.16. The first-order valence-corrected chi connectivity index (χ1v) is 7.64. The number of pyridine rings is 1. The fourth-order valence-corrected chi connectivity index (χ4v) is 3.26. The van der Waals surface area contributed by atoms with Crippen molar-refractivity contribution < 1.29 is 0 Å². The predicted molar refractivity (Wildman–Crippen MR) is 82.1 cm³/mol. The van der Waals surface area contributed by atoms with Crippen molar-refractivity contribution in [3.05, 3.63) is 23.7 Å². The van der Waals surface area contributed by atoms with Crippen LogP contribution in [0.1, 0.15) is 30.7 Å². The second-order valence-corrected chi connectivity index (χ2v) is 6.34. The van der Waals surface area contributed by atoms with Gasteiger partial charge in [0.1, 0.15) is 11.3 Å². The van der Waals surface area contributed by atoms with Gasteiger partial charge in [0.15, 0.2) is 5.65 Å². The van der Waals surface area contributed by atoms with Gasteiger partial charge in [0.25, 0.3) is 0 Å². The lowest BCUT2D eigenvalue weighted by Gasteiger charge is -2.47. The molecule has 0 aliphatic heterocycles. The molecule has 1 fully saturated rings. The molecule has 1 aliphatic carbocycles. The van der Waals surface area contributed by atoms with Gasteiger partial charge in [0.2, 0.25) is 0 Å². The van der Waals surface area contributed by atoms with Crippen LogP contribution in [0.15, 0.2) is 12.3 Å². The van der Waals surface area contributed by atoms with E-state index in [4.69, 9.17) is 11.6 Å². The minimum absolute atomic E-state index is 0.237. The van der Waals surface area contributed by atoms with E-state index in [-0.39, 0.29) is 5.54 Å². The molecule has 2 aromatic heterocycles. The van der Waals surface area contributed by atoms with Crippen LogP contribution in [0.25, 0.3) is 11.2 Å². The molecular formula is C15H21ClN4. The van der Waals surface area contributed by atoms with Crippen molar-refractivity contribution in [3.63, 3.8) is 0 Å². The van der Waals surface area contributed by atoms with Crippen molar-refractivity contribution in [2.75, 3.05) is 14.1 Å². The molecule has 5 heteroatoms. The first-order chi connectivity index (χ1) is 9.55. The Labute approximate surface area is 124 Å².